The zero-order chi connectivity index (χ0) is 10.8. The Balaban J connectivity index is 2.86. The van der Waals surface area contributed by atoms with Gasteiger partial charge in [0.15, 0.2) is 0 Å². The van der Waals surface area contributed by atoms with Gasteiger partial charge in [0.1, 0.15) is 5.82 Å². The first-order valence-corrected chi connectivity index (χ1v) is 4.43. The number of nitrogens with two attached hydrogens (primary N) is 1. The summed E-state index contributed by atoms with van der Waals surface area (Å²) in [5.74, 6) is 0.0670. The lowest BCUT2D eigenvalue weighted by atomic mass is 10.1. The summed E-state index contributed by atoms with van der Waals surface area (Å²) >= 11 is 0. The molecule has 1 heterocycles. The summed E-state index contributed by atoms with van der Waals surface area (Å²) in [6, 6.07) is 3.34. The highest BCUT2D eigenvalue weighted by Crippen LogP contribution is 2.09. The van der Waals surface area contributed by atoms with E-state index in [-0.39, 0.29) is 17.3 Å². The van der Waals surface area contributed by atoms with Crippen LogP contribution in [0.4, 0.5) is 5.82 Å². The van der Waals surface area contributed by atoms with E-state index in [0.29, 0.717) is 5.56 Å². The topological polar surface area (TPSA) is 68.0 Å². The summed E-state index contributed by atoms with van der Waals surface area (Å²) in [5.41, 5.74) is 5.72. The fraction of sp³-hybridized carbons (Fsp3) is 0.400. The van der Waals surface area contributed by atoms with E-state index in [1.54, 1.807) is 18.3 Å². The Morgan fingerprint density at radius 2 is 2.14 bits per heavy atom. The van der Waals surface area contributed by atoms with Gasteiger partial charge in [0, 0.05) is 11.7 Å². The van der Waals surface area contributed by atoms with Gasteiger partial charge in [-0.05, 0) is 32.9 Å². The average Bonchev–Trinajstić information content (AvgIpc) is 2.01. The zero-order valence-electron chi connectivity index (χ0n) is 8.66. The maximum atomic E-state index is 11.7. The van der Waals surface area contributed by atoms with Crippen LogP contribution in [-0.4, -0.2) is 16.4 Å². The summed E-state index contributed by atoms with van der Waals surface area (Å²) in [4.78, 5) is 15.5. The minimum absolute atomic E-state index is 0.192. The van der Waals surface area contributed by atoms with Gasteiger partial charge in [0.25, 0.3) is 5.91 Å². The van der Waals surface area contributed by atoms with Crippen molar-refractivity contribution in [3.63, 3.8) is 0 Å². The van der Waals surface area contributed by atoms with Crippen molar-refractivity contribution in [2.24, 2.45) is 0 Å². The molecular formula is C10H15N3O. The van der Waals surface area contributed by atoms with Crippen molar-refractivity contribution in [1.29, 1.82) is 0 Å². The van der Waals surface area contributed by atoms with Gasteiger partial charge in [0.2, 0.25) is 0 Å². The van der Waals surface area contributed by atoms with Gasteiger partial charge in [-0.2, -0.15) is 0 Å². The molecule has 4 heteroatoms. The van der Waals surface area contributed by atoms with Crippen LogP contribution in [0, 0.1) is 0 Å². The summed E-state index contributed by atoms with van der Waals surface area (Å²) < 4.78 is 0. The van der Waals surface area contributed by atoms with E-state index < -0.39 is 0 Å². The van der Waals surface area contributed by atoms with E-state index in [9.17, 15) is 4.79 Å². The Hall–Kier alpha value is -1.58. The predicted octanol–water partition coefficient (Wildman–Crippen LogP) is 1.19. The molecule has 1 aromatic heterocycles. The molecule has 1 aromatic rings. The van der Waals surface area contributed by atoms with Crippen LogP contribution in [0.15, 0.2) is 18.3 Å². The molecule has 0 spiro atoms. The van der Waals surface area contributed by atoms with Crippen LogP contribution in [0.5, 0.6) is 0 Å². The number of carbonyl (C=O) groups excluding carboxylic acids is 1. The van der Waals surface area contributed by atoms with Crippen LogP contribution in [0.1, 0.15) is 31.1 Å². The number of hydrogen-bond donors (Lipinski definition) is 2. The molecule has 4 nitrogen and oxygen atoms in total. The van der Waals surface area contributed by atoms with Crippen molar-refractivity contribution in [1.82, 2.24) is 10.3 Å². The van der Waals surface area contributed by atoms with Crippen molar-refractivity contribution in [2.45, 2.75) is 26.3 Å². The SMILES string of the molecule is CC(C)(C)NC(=O)c1cccnc1N. The summed E-state index contributed by atoms with van der Waals surface area (Å²) in [7, 11) is 0. The summed E-state index contributed by atoms with van der Waals surface area (Å²) in [6.07, 6.45) is 1.56. The first kappa shape index (κ1) is 10.5. The normalized spacial score (nSPS) is 11.1. The third-order valence-corrected chi connectivity index (χ3v) is 1.57. The maximum Gasteiger partial charge on any atom is 0.255 e. The molecule has 0 aromatic carbocycles. The molecule has 1 rings (SSSR count). The molecule has 3 N–H and O–H groups in total. The smallest absolute Gasteiger partial charge is 0.255 e. The molecule has 14 heavy (non-hydrogen) atoms. The van der Waals surface area contributed by atoms with E-state index in [1.807, 2.05) is 20.8 Å². The van der Waals surface area contributed by atoms with E-state index >= 15 is 0 Å². The molecular weight excluding hydrogens is 178 g/mol. The predicted molar refractivity (Wildman–Crippen MR) is 55.9 cm³/mol. The number of amides is 1. The second kappa shape index (κ2) is 3.65. The minimum atomic E-state index is -0.265. The molecule has 0 aliphatic carbocycles. The molecule has 0 saturated carbocycles. The molecule has 0 radical (unpaired) electrons. The van der Waals surface area contributed by atoms with E-state index in [0.717, 1.165) is 0 Å². The fourth-order valence-electron chi connectivity index (χ4n) is 1.02. The number of anilines is 1. The largest absolute Gasteiger partial charge is 0.383 e. The first-order valence-electron chi connectivity index (χ1n) is 4.43. The van der Waals surface area contributed by atoms with Crippen LogP contribution in [-0.2, 0) is 0 Å². The lowest BCUT2D eigenvalue weighted by Gasteiger charge is -2.20. The quantitative estimate of drug-likeness (QED) is 0.704. The highest BCUT2D eigenvalue weighted by atomic mass is 16.1. The van der Waals surface area contributed by atoms with Crippen molar-refractivity contribution < 1.29 is 4.79 Å². The lowest BCUT2D eigenvalue weighted by Crippen LogP contribution is -2.40. The van der Waals surface area contributed by atoms with Crippen LogP contribution in [0.25, 0.3) is 0 Å². The number of nitrogens with zero attached hydrogens (tertiary/aromatic N) is 1. The highest BCUT2D eigenvalue weighted by Gasteiger charge is 2.16. The molecule has 0 aliphatic heterocycles. The van der Waals surface area contributed by atoms with Gasteiger partial charge in [-0.15, -0.1) is 0 Å². The summed E-state index contributed by atoms with van der Waals surface area (Å²) in [6.45, 7) is 5.74. The highest BCUT2D eigenvalue weighted by molar-refractivity contribution is 5.98. The number of rotatable bonds is 1. The molecule has 76 valence electrons. The maximum absolute atomic E-state index is 11.7. The van der Waals surface area contributed by atoms with Gasteiger partial charge in [-0.25, -0.2) is 4.98 Å². The van der Waals surface area contributed by atoms with Crippen LogP contribution < -0.4 is 11.1 Å². The van der Waals surface area contributed by atoms with Gasteiger partial charge in [-0.3, -0.25) is 4.79 Å². The number of hydrogen-bond acceptors (Lipinski definition) is 3. The second-order valence-electron chi connectivity index (χ2n) is 4.14. The molecule has 0 bridgehead atoms. The second-order valence-corrected chi connectivity index (χ2v) is 4.14. The van der Waals surface area contributed by atoms with Crippen molar-refractivity contribution in [3.05, 3.63) is 23.9 Å². The molecule has 0 fully saturated rings. The average molecular weight is 193 g/mol. The molecule has 0 saturated heterocycles. The lowest BCUT2D eigenvalue weighted by molar-refractivity contribution is 0.0920. The van der Waals surface area contributed by atoms with Crippen molar-refractivity contribution in [3.8, 4) is 0 Å². The number of pyridine rings is 1. The zero-order valence-corrected chi connectivity index (χ0v) is 8.66. The first-order chi connectivity index (χ1) is 6.40. The Morgan fingerprint density at radius 1 is 1.50 bits per heavy atom. The molecule has 0 atom stereocenters. The molecule has 1 amide bonds. The van der Waals surface area contributed by atoms with Gasteiger partial charge >= 0.3 is 0 Å². The van der Waals surface area contributed by atoms with Crippen molar-refractivity contribution >= 4 is 11.7 Å². The van der Waals surface area contributed by atoms with Crippen LogP contribution >= 0.6 is 0 Å². The monoisotopic (exact) mass is 193 g/mol. The summed E-state index contributed by atoms with van der Waals surface area (Å²) in [5, 5.41) is 2.82. The number of nitrogen functional groups attached to an aromatic ring is 1. The molecule has 0 unspecified atom stereocenters. The standard InChI is InChI=1S/C10H15N3O/c1-10(2,3)13-9(14)7-5-4-6-12-8(7)11/h4-6H,1-3H3,(H2,11,12)(H,13,14). The molecule has 0 aliphatic rings. The number of nitrogens with one attached hydrogen (secondary N) is 1. The fourth-order valence-corrected chi connectivity index (χ4v) is 1.02. The van der Waals surface area contributed by atoms with Gasteiger partial charge in [-0.1, -0.05) is 0 Å². The Bertz CT molecular complexity index is 341. The third-order valence-electron chi connectivity index (χ3n) is 1.57. The Labute approximate surface area is 83.5 Å². The van der Waals surface area contributed by atoms with Gasteiger partial charge < -0.3 is 11.1 Å². The van der Waals surface area contributed by atoms with E-state index in [1.165, 1.54) is 0 Å². The third kappa shape index (κ3) is 2.73. The van der Waals surface area contributed by atoms with E-state index in [2.05, 4.69) is 10.3 Å². The van der Waals surface area contributed by atoms with E-state index in [4.69, 9.17) is 5.73 Å². The number of carbonyl (C=O) groups is 1. The van der Waals surface area contributed by atoms with Gasteiger partial charge in [0.05, 0.1) is 5.56 Å². The number of aromatic nitrogens is 1. The van der Waals surface area contributed by atoms with Crippen LogP contribution in [0.3, 0.4) is 0 Å². The minimum Gasteiger partial charge on any atom is -0.383 e. The van der Waals surface area contributed by atoms with Crippen LogP contribution in [0.2, 0.25) is 0 Å². The Morgan fingerprint density at radius 3 is 2.64 bits per heavy atom. The van der Waals surface area contributed by atoms with Crippen molar-refractivity contribution in [2.75, 3.05) is 5.73 Å². The Kier molecular flexibility index (Phi) is 2.74.